The number of piperidine rings is 1. The summed E-state index contributed by atoms with van der Waals surface area (Å²) < 4.78 is 43.0. The number of carbonyl (C=O) groups is 1. The standard InChI is InChI=1S/C18H24F3NO2/c1-2-24-17(23)7-5-13-22-12-4-3-6-16(22)14-8-10-15(11-9-14)18(19,20)21/h8-11,16H,2-7,12-13H2,1H3. The van der Waals surface area contributed by atoms with Gasteiger partial charge in [-0.15, -0.1) is 0 Å². The fourth-order valence-electron chi connectivity index (χ4n) is 3.19. The Morgan fingerprint density at radius 3 is 2.58 bits per heavy atom. The van der Waals surface area contributed by atoms with Crippen LogP contribution in [0.1, 0.15) is 56.2 Å². The quantitative estimate of drug-likeness (QED) is 0.708. The predicted molar refractivity (Wildman–Crippen MR) is 85.5 cm³/mol. The summed E-state index contributed by atoms with van der Waals surface area (Å²) in [4.78, 5) is 13.7. The molecule has 0 radical (unpaired) electrons. The molecular formula is C18H24F3NO2. The van der Waals surface area contributed by atoms with Crippen LogP contribution >= 0.6 is 0 Å². The third kappa shape index (κ3) is 5.23. The van der Waals surface area contributed by atoms with E-state index in [1.807, 2.05) is 0 Å². The molecule has 1 atom stereocenters. The molecule has 0 amide bonds. The first kappa shape index (κ1) is 18.8. The van der Waals surface area contributed by atoms with E-state index in [-0.39, 0.29) is 12.0 Å². The zero-order valence-electron chi connectivity index (χ0n) is 13.9. The molecule has 0 aliphatic carbocycles. The van der Waals surface area contributed by atoms with Gasteiger partial charge in [-0.3, -0.25) is 9.69 Å². The van der Waals surface area contributed by atoms with E-state index in [1.165, 1.54) is 0 Å². The Hall–Kier alpha value is -1.56. The maximum atomic E-state index is 12.7. The fraction of sp³-hybridized carbons (Fsp3) is 0.611. The molecule has 1 aromatic rings. The van der Waals surface area contributed by atoms with Crippen LogP contribution in [0.5, 0.6) is 0 Å². The van der Waals surface area contributed by atoms with Crippen LogP contribution in [0, 0.1) is 0 Å². The Kier molecular flexibility index (Phi) is 6.66. The lowest BCUT2D eigenvalue weighted by molar-refractivity contribution is -0.143. The number of nitrogens with zero attached hydrogens (tertiary/aromatic N) is 1. The second-order valence-electron chi connectivity index (χ2n) is 6.08. The molecular weight excluding hydrogens is 319 g/mol. The minimum absolute atomic E-state index is 0.128. The number of ether oxygens (including phenoxy) is 1. The van der Waals surface area contributed by atoms with Gasteiger partial charge in [0.1, 0.15) is 0 Å². The Labute approximate surface area is 140 Å². The monoisotopic (exact) mass is 343 g/mol. The summed E-state index contributed by atoms with van der Waals surface area (Å²) in [6, 6.07) is 5.60. The van der Waals surface area contributed by atoms with Crippen LogP contribution in [0.25, 0.3) is 0 Å². The molecule has 3 nitrogen and oxygen atoms in total. The van der Waals surface area contributed by atoms with E-state index in [0.29, 0.717) is 19.4 Å². The van der Waals surface area contributed by atoms with Crippen molar-refractivity contribution < 1.29 is 22.7 Å². The molecule has 6 heteroatoms. The van der Waals surface area contributed by atoms with E-state index in [1.54, 1.807) is 19.1 Å². The van der Waals surface area contributed by atoms with Crippen molar-refractivity contribution in [1.29, 1.82) is 0 Å². The zero-order chi connectivity index (χ0) is 17.6. The first-order valence-corrected chi connectivity index (χ1v) is 8.48. The minimum atomic E-state index is -4.30. The van der Waals surface area contributed by atoms with Crippen LogP contribution in [-0.2, 0) is 15.7 Å². The molecule has 1 aliphatic rings. The Balaban J connectivity index is 1.97. The van der Waals surface area contributed by atoms with Gasteiger partial charge in [-0.2, -0.15) is 13.2 Å². The van der Waals surface area contributed by atoms with Gasteiger partial charge in [0.25, 0.3) is 0 Å². The lowest BCUT2D eigenvalue weighted by Crippen LogP contribution is -2.34. The number of esters is 1. The number of rotatable bonds is 6. The molecule has 1 aromatic carbocycles. The highest BCUT2D eigenvalue weighted by atomic mass is 19.4. The van der Waals surface area contributed by atoms with Crippen molar-refractivity contribution in [3.05, 3.63) is 35.4 Å². The number of likely N-dealkylation sites (tertiary alicyclic amines) is 1. The summed E-state index contributed by atoms with van der Waals surface area (Å²) in [7, 11) is 0. The predicted octanol–water partition coefficient (Wildman–Crippen LogP) is 4.58. The maximum Gasteiger partial charge on any atom is 0.416 e. The van der Waals surface area contributed by atoms with Gasteiger partial charge in [-0.05, 0) is 57.0 Å². The van der Waals surface area contributed by atoms with Gasteiger partial charge in [-0.1, -0.05) is 18.6 Å². The van der Waals surface area contributed by atoms with Gasteiger partial charge in [0.05, 0.1) is 12.2 Å². The summed E-state index contributed by atoms with van der Waals surface area (Å²) in [5, 5.41) is 0. The number of hydrogen-bond acceptors (Lipinski definition) is 3. The van der Waals surface area contributed by atoms with Crippen molar-refractivity contribution in [3.63, 3.8) is 0 Å². The molecule has 0 aromatic heterocycles. The highest BCUT2D eigenvalue weighted by molar-refractivity contribution is 5.69. The smallest absolute Gasteiger partial charge is 0.416 e. The van der Waals surface area contributed by atoms with E-state index in [2.05, 4.69) is 4.90 Å². The van der Waals surface area contributed by atoms with Crippen molar-refractivity contribution in [2.75, 3.05) is 19.7 Å². The van der Waals surface area contributed by atoms with Crippen molar-refractivity contribution in [2.45, 2.75) is 51.2 Å². The SMILES string of the molecule is CCOC(=O)CCCN1CCCCC1c1ccc(C(F)(F)F)cc1. The first-order chi connectivity index (χ1) is 11.4. The molecule has 0 bridgehead atoms. The van der Waals surface area contributed by atoms with Gasteiger partial charge >= 0.3 is 12.1 Å². The van der Waals surface area contributed by atoms with E-state index in [0.717, 1.165) is 50.0 Å². The van der Waals surface area contributed by atoms with Gasteiger partial charge in [0, 0.05) is 12.5 Å². The molecule has 2 rings (SSSR count). The Morgan fingerprint density at radius 1 is 1.25 bits per heavy atom. The highest BCUT2D eigenvalue weighted by Crippen LogP contribution is 2.34. The molecule has 134 valence electrons. The minimum Gasteiger partial charge on any atom is -0.466 e. The topological polar surface area (TPSA) is 29.5 Å². The van der Waals surface area contributed by atoms with Gasteiger partial charge in [0.15, 0.2) is 0 Å². The molecule has 1 saturated heterocycles. The number of carbonyl (C=O) groups excluding carboxylic acids is 1. The average Bonchev–Trinajstić information content (AvgIpc) is 2.55. The maximum absolute atomic E-state index is 12.7. The van der Waals surface area contributed by atoms with Crippen molar-refractivity contribution >= 4 is 5.97 Å². The fourth-order valence-corrected chi connectivity index (χ4v) is 3.19. The summed E-state index contributed by atoms with van der Waals surface area (Å²) >= 11 is 0. The summed E-state index contributed by atoms with van der Waals surface area (Å²) in [5.74, 6) is -0.194. The second-order valence-corrected chi connectivity index (χ2v) is 6.08. The van der Waals surface area contributed by atoms with E-state index < -0.39 is 11.7 Å². The van der Waals surface area contributed by atoms with Crippen molar-refractivity contribution in [3.8, 4) is 0 Å². The number of alkyl halides is 3. The summed E-state index contributed by atoms with van der Waals surface area (Å²) in [6.45, 7) is 3.83. The van der Waals surface area contributed by atoms with Crippen LogP contribution in [0.3, 0.4) is 0 Å². The van der Waals surface area contributed by atoms with Crippen LogP contribution in [-0.4, -0.2) is 30.6 Å². The summed E-state index contributed by atoms with van der Waals surface area (Å²) in [5.41, 5.74) is 0.301. The molecule has 0 N–H and O–H groups in total. The molecule has 1 aliphatic heterocycles. The summed E-state index contributed by atoms with van der Waals surface area (Å²) in [6.07, 6.45) is -0.133. The largest absolute Gasteiger partial charge is 0.466 e. The van der Waals surface area contributed by atoms with Crippen LogP contribution in [0.2, 0.25) is 0 Å². The average molecular weight is 343 g/mol. The highest BCUT2D eigenvalue weighted by Gasteiger charge is 2.31. The van der Waals surface area contributed by atoms with Crippen LogP contribution in [0.4, 0.5) is 13.2 Å². The molecule has 0 spiro atoms. The van der Waals surface area contributed by atoms with Gasteiger partial charge < -0.3 is 4.74 Å². The van der Waals surface area contributed by atoms with E-state index in [9.17, 15) is 18.0 Å². The van der Waals surface area contributed by atoms with Crippen molar-refractivity contribution in [2.24, 2.45) is 0 Å². The number of halogens is 3. The second kappa shape index (κ2) is 8.51. The van der Waals surface area contributed by atoms with E-state index in [4.69, 9.17) is 4.74 Å². The molecule has 1 fully saturated rings. The van der Waals surface area contributed by atoms with Crippen molar-refractivity contribution in [1.82, 2.24) is 4.90 Å². The van der Waals surface area contributed by atoms with Gasteiger partial charge in [0.2, 0.25) is 0 Å². The lowest BCUT2D eigenvalue weighted by atomic mass is 9.94. The zero-order valence-corrected chi connectivity index (χ0v) is 13.9. The molecule has 1 heterocycles. The van der Waals surface area contributed by atoms with Crippen LogP contribution < -0.4 is 0 Å². The molecule has 0 saturated carbocycles. The molecule has 24 heavy (non-hydrogen) atoms. The third-order valence-corrected chi connectivity index (χ3v) is 4.37. The van der Waals surface area contributed by atoms with E-state index >= 15 is 0 Å². The third-order valence-electron chi connectivity index (χ3n) is 4.37. The Bertz CT molecular complexity index is 528. The van der Waals surface area contributed by atoms with Crippen LogP contribution in [0.15, 0.2) is 24.3 Å². The molecule has 1 unspecified atom stereocenters. The first-order valence-electron chi connectivity index (χ1n) is 8.48. The normalized spacial score (nSPS) is 19.2. The number of benzene rings is 1. The lowest BCUT2D eigenvalue weighted by Gasteiger charge is -2.36. The Morgan fingerprint density at radius 2 is 1.96 bits per heavy atom. The number of hydrogen-bond donors (Lipinski definition) is 0. The van der Waals surface area contributed by atoms with Gasteiger partial charge in [-0.25, -0.2) is 0 Å².